The molecular formula is C62H84N14O19S. The summed E-state index contributed by atoms with van der Waals surface area (Å²) < 4.78 is 30.1. The third-order valence-corrected chi connectivity index (χ3v) is 19.1. The van der Waals surface area contributed by atoms with Gasteiger partial charge in [0.15, 0.2) is 9.84 Å². The van der Waals surface area contributed by atoms with Gasteiger partial charge in [-0.2, -0.15) is 0 Å². The number of aromatic nitrogens is 1. The molecule has 522 valence electrons. The van der Waals surface area contributed by atoms with Crippen molar-refractivity contribution >= 4 is 109 Å². The van der Waals surface area contributed by atoms with E-state index in [2.05, 4.69) is 63.5 Å². The van der Waals surface area contributed by atoms with Crippen LogP contribution < -0.4 is 58.5 Å². The maximum Gasteiger partial charge on any atom is 0.246 e. The standard InChI is InChI=1S/C62H84N14O19S/c1-8-30(4)51-57(89)65-24-47(82)68-42-28-96(94,95)60-38(37-11-9-10-12-39(37)71-60)21-40(54(86)64-25-48(83)73-51)69-59(91)52(32(6)44(79)27-77)74-56(88)43-20-36(78)26-76(43)62(93)41(70-55(42)87)22-46(81)63-23-34-13-15-35(16-14-34)67-53(85)33(7)66-58(90)50(29(2)3)72-45(80)17-18-75-49(84)19-31(5)61(75)92/h9-16,29-33,36,40-44,50-52,71,77-79H,8,17-28H2,1-7H3,(H,63,81)(H,64,86)(H,65,89)(H,66,90)(H,67,85)(H,68,82)(H,69,91)(H,70,87)(H,72,80)(H,73,83)(H,74,88)/t30-,31?,32-,33-,36+,40-,41-,42-,43-,44-,50-,51-,52-/m0/s1. The van der Waals surface area contributed by atoms with Crippen molar-refractivity contribution in [3.8, 4) is 0 Å². The number of likely N-dealkylation sites (tertiary alicyclic amines) is 1. The number of rotatable bonds is 18. The number of sulfone groups is 1. The number of aliphatic hydroxyl groups is 3. The molecule has 15 N–H and O–H groups in total. The Kier molecular flexibility index (Phi) is 24.9. The number of hydrogen-bond donors (Lipinski definition) is 15. The predicted molar refractivity (Wildman–Crippen MR) is 339 cm³/mol. The molecular weight excluding hydrogens is 1280 g/mol. The van der Waals surface area contributed by atoms with Gasteiger partial charge in [0.2, 0.25) is 82.7 Å². The summed E-state index contributed by atoms with van der Waals surface area (Å²) in [6.45, 7) is 7.19. The lowest BCUT2D eigenvalue weighted by Crippen LogP contribution is -2.62. The molecule has 0 spiro atoms. The monoisotopic (exact) mass is 1360 g/mol. The molecule has 2 aromatic carbocycles. The van der Waals surface area contributed by atoms with Crippen molar-refractivity contribution < 1.29 is 90.9 Å². The van der Waals surface area contributed by atoms with Crippen LogP contribution in [0.2, 0.25) is 0 Å². The van der Waals surface area contributed by atoms with Gasteiger partial charge in [0.25, 0.3) is 0 Å². The highest BCUT2D eigenvalue weighted by molar-refractivity contribution is 7.91. The lowest BCUT2D eigenvalue weighted by molar-refractivity contribution is -0.144. The van der Waals surface area contributed by atoms with Gasteiger partial charge in [-0.1, -0.05) is 78.3 Å². The molecule has 3 aromatic rings. The summed E-state index contributed by atoms with van der Waals surface area (Å²) in [7, 11) is -4.96. The number of aromatic amines is 1. The molecule has 0 radical (unpaired) electrons. The van der Waals surface area contributed by atoms with Crippen LogP contribution >= 0.6 is 0 Å². The van der Waals surface area contributed by atoms with Crippen molar-refractivity contribution in [2.75, 3.05) is 43.9 Å². The molecule has 1 aromatic heterocycles. The van der Waals surface area contributed by atoms with Crippen LogP contribution in [0.15, 0.2) is 53.6 Å². The van der Waals surface area contributed by atoms with Crippen molar-refractivity contribution in [2.45, 2.75) is 159 Å². The lowest BCUT2D eigenvalue weighted by atomic mass is 9.93. The highest BCUT2D eigenvalue weighted by Crippen LogP contribution is 2.30. The molecule has 2 bridgehead atoms. The number of carbonyl (C=O) groups excluding carboxylic acids is 14. The highest BCUT2D eigenvalue weighted by atomic mass is 32.2. The van der Waals surface area contributed by atoms with Gasteiger partial charge in [-0.3, -0.25) is 72.0 Å². The number of aliphatic hydroxyl groups excluding tert-OH is 3. The zero-order valence-corrected chi connectivity index (χ0v) is 54.9. The molecule has 96 heavy (non-hydrogen) atoms. The number of fused-ring (bicyclic) bond motifs is 5. The van der Waals surface area contributed by atoms with Crippen LogP contribution in [0.1, 0.15) is 91.7 Å². The molecule has 33 nitrogen and oxygen atoms in total. The number of hydrogen-bond acceptors (Lipinski definition) is 19. The zero-order chi connectivity index (χ0) is 70.6. The second kappa shape index (κ2) is 32.4. The maximum absolute atomic E-state index is 15.1. The number of H-pyrrole nitrogens is 1. The fourth-order valence-electron chi connectivity index (χ4n) is 11.5. The first-order chi connectivity index (χ1) is 45.3. The van der Waals surface area contributed by atoms with Gasteiger partial charge in [-0.25, -0.2) is 8.42 Å². The van der Waals surface area contributed by atoms with Gasteiger partial charge in [0.05, 0.1) is 44.1 Å². The zero-order valence-electron chi connectivity index (χ0n) is 54.1. The number of imide groups is 1. The van der Waals surface area contributed by atoms with Crippen LogP contribution in [0.25, 0.3) is 10.9 Å². The molecule has 13 atom stereocenters. The minimum absolute atomic E-state index is 0.0409. The number of para-hydroxylation sites is 1. The van der Waals surface area contributed by atoms with E-state index in [1.165, 1.54) is 56.3 Å². The van der Waals surface area contributed by atoms with Crippen LogP contribution in [-0.2, 0) is 89.9 Å². The second-order valence-electron chi connectivity index (χ2n) is 25.0. The largest absolute Gasteiger partial charge is 0.394 e. The third kappa shape index (κ3) is 18.5. The first-order valence-corrected chi connectivity index (χ1v) is 33.2. The Morgan fingerprint density at radius 1 is 0.719 bits per heavy atom. The summed E-state index contributed by atoms with van der Waals surface area (Å²) in [4.78, 5) is 198. The summed E-state index contributed by atoms with van der Waals surface area (Å²) in [5.74, 6) is -16.9. The average molecular weight is 1360 g/mol. The van der Waals surface area contributed by atoms with Crippen molar-refractivity contribution in [1.82, 2.24) is 68.0 Å². The molecule has 5 heterocycles. The van der Waals surface area contributed by atoms with E-state index in [9.17, 15) is 77.6 Å². The Bertz CT molecular complexity index is 3620. The Morgan fingerprint density at radius 2 is 1.39 bits per heavy atom. The number of anilines is 1. The topological polar surface area (TPSA) is 488 Å². The summed E-state index contributed by atoms with van der Waals surface area (Å²) in [6, 6.07) is -1.28. The number of amides is 14. The molecule has 7 rings (SSSR count). The van der Waals surface area contributed by atoms with Crippen molar-refractivity contribution in [3.05, 3.63) is 59.7 Å². The van der Waals surface area contributed by atoms with Crippen molar-refractivity contribution in [1.29, 1.82) is 0 Å². The van der Waals surface area contributed by atoms with Gasteiger partial charge in [0, 0.05) is 73.7 Å². The van der Waals surface area contributed by atoms with Crippen molar-refractivity contribution in [2.24, 2.45) is 23.7 Å². The molecule has 1 unspecified atom stereocenters. The lowest BCUT2D eigenvalue weighted by Gasteiger charge is -2.33. The van der Waals surface area contributed by atoms with Gasteiger partial charge < -0.3 is 83.7 Å². The van der Waals surface area contributed by atoms with E-state index in [-0.39, 0.29) is 54.0 Å². The highest BCUT2D eigenvalue weighted by Gasteiger charge is 2.46. The van der Waals surface area contributed by atoms with Gasteiger partial charge >= 0.3 is 0 Å². The molecule has 34 heteroatoms. The average Bonchev–Trinajstić information content (AvgIpc) is 1.60. The van der Waals surface area contributed by atoms with Gasteiger partial charge in [0.1, 0.15) is 53.4 Å². The minimum atomic E-state index is -4.96. The fourth-order valence-corrected chi connectivity index (χ4v) is 13.1. The summed E-state index contributed by atoms with van der Waals surface area (Å²) in [5.41, 5.74) is 0.651. The summed E-state index contributed by atoms with van der Waals surface area (Å²) in [6.07, 6.45) is -5.27. The normalized spacial score (nSPS) is 24.9. The quantitative estimate of drug-likeness (QED) is 0.0532. The Balaban J connectivity index is 1.16. The molecule has 0 aliphatic carbocycles. The molecule has 2 fully saturated rings. The van der Waals surface area contributed by atoms with Crippen LogP contribution in [0.4, 0.5) is 5.69 Å². The molecule has 4 aliphatic rings. The van der Waals surface area contributed by atoms with Crippen molar-refractivity contribution in [3.63, 3.8) is 0 Å². The van der Waals surface area contributed by atoms with Crippen LogP contribution in [0, 0.1) is 23.7 Å². The smallest absolute Gasteiger partial charge is 0.246 e. The van der Waals surface area contributed by atoms with E-state index < -0.39 is 227 Å². The van der Waals surface area contributed by atoms with E-state index in [4.69, 9.17) is 0 Å². The summed E-state index contributed by atoms with van der Waals surface area (Å²) in [5, 5.41) is 59.1. The van der Waals surface area contributed by atoms with E-state index in [0.29, 0.717) is 12.0 Å². The SMILES string of the molecule is CC[C@H](C)[C@@H]1NC(=O)CNC(=O)[C@@H]2Cc3c([nH]c4ccccc34)S(=O)(=O)C[C@H](NC(=O)CNC1=O)C(=O)N[C@@H](CC(=O)NCc1ccc(NC(=O)[C@H](C)NC(=O)[C@@H](NC(=O)CCN3C(=O)CC(C)C3=O)C(C)C)cc1)C(=O)N1C[C@H](O)C[C@H]1C(=O)N[C@@H]([C@@H](C)[C@@H](O)CO)C(=O)N2. The minimum Gasteiger partial charge on any atom is -0.394 e. The third-order valence-electron chi connectivity index (χ3n) is 17.4. The van der Waals surface area contributed by atoms with Crippen LogP contribution in [0.3, 0.4) is 0 Å². The molecule has 2 saturated heterocycles. The summed E-state index contributed by atoms with van der Waals surface area (Å²) >= 11 is 0. The number of nitrogens with one attached hydrogen (secondary N) is 12. The Morgan fingerprint density at radius 3 is 2.03 bits per heavy atom. The molecule has 4 aliphatic heterocycles. The van der Waals surface area contributed by atoms with Gasteiger partial charge in [-0.05, 0) is 48.1 Å². The van der Waals surface area contributed by atoms with Crippen LogP contribution in [-0.4, -0.2) is 220 Å². The van der Waals surface area contributed by atoms with E-state index in [1.54, 1.807) is 40.7 Å². The van der Waals surface area contributed by atoms with E-state index in [0.717, 1.165) is 9.80 Å². The first kappa shape index (κ1) is 74.0. The Labute approximate surface area is 552 Å². The fraction of sp³-hybridized carbons (Fsp3) is 0.548. The van der Waals surface area contributed by atoms with Gasteiger partial charge in [-0.15, -0.1) is 0 Å². The second-order valence-corrected chi connectivity index (χ2v) is 27.0. The number of benzene rings is 2. The predicted octanol–water partition coefficient (Wildman–Crippen LogP) is -4.76. The maximum atomic E-state index is 15.1. The van der Waals surface area contributed by atoms with E-state index >= 15 is 13.2 Å². The number of nitrogens with zero attached hydrogens (tertiary/aromatic N) is 2. The van der Waals surface area contributed by atoms with E-state index in [1.807, 2.05) is 0 Å². The number of carbonyl (C=O) groups is 14. The van der Waals surface area contributed by atoms with Crippen LogP contribution in [0.5, 0.6) is 0 Å². The Hall–Kier alpha value is -9.41. The molecule has 0 saturated carbocycles. The molecule has 14 amide bonds. The first-order valence-electron chi connectivity index (χ1n) is 31.6.